The number of nitrogens with zero attached hydrogens (tertiary/aromatic N) is 2. The lowest BCUT2D eigenvalue weighted by Gasteiger charge is -2.17. The Morgan fingerprint density at radius 3 is 2.42 bits per heavy atom. The molecule has 9 heteroatoms. The number of rotatable bonds is 7. The van der Waals surface area contributed by atoms with Gasteiger partial charge in [0, 0.05) is 36.1 Å². The van der Waals surface area contributed by atoms with Crippen LogP contribution in [0.5, 0.6) is 0 Å². The van der Waals surface area contributed by atoms with Gasteiger partial charge in [-0.1, -0.05) is 19.9 Å². The maximum Gasteiger partial charge on any atom is 0.411 e. The third kappa shape index (κ3) is 5.94. The van der Waals surface area contributed by atoms with Crippen molar-refractivity contribution in [3.05, 3.63) is 58.1 Å². The molecule has 31 heavy (non-hydrogen) atoms. The van der Waals surface area contributed by atoms with E-state index in [0.717, 1.165) is 25.9 Å². The van der Waals surface area contributed by atoms with Gasteiger partial charge < -0.3 is 15.0 Å². The molecule has 0 unspecified atom stereocenters. The van der Waals surface area contributed by atoms with E-state index >= 15 is 0 Å². The molecule has 1 saturated heterocycles. The Kier molecular flexibility index (Phi) is 7.07. The van der Waals surface area contributed by atoms with Crippen LogP contribution in [0.3, 0.4) is 0 Å². The van der Waals surface area contributed by atoms with Crippen molar-refractivity contribution in [1.29, 1.82) is 0 Å². The lowest BCUT2D eigenvalue weighted by atomic mass is 10.1. The van der Waals surface area contributed by atoms with Gasteiger partial charge in [0.2, 0.25) is 0 Å². The second kappa shape index (κ2) is 9.92. The highest BCUT2D eigenvalue weighted by Crippen LogP contribution is 2.32. The molecule has 3 rings (SSSR count). The summed E-state index contributed by atoms with van der Waals surface area (Å²) >= 11 is 0. The molecule has 0 aromatic heterocycles. The molecule has 0 bridgehead atoms. The molecular weight excluding hydrogens is 400 g/mol. The predicted octanol–water partition coefficient (Wildman–Crippen LogP) is 4.65. The van der Waals surface area contributed by atoms with Crippen LogP contribution in [-0.2, 0) is 4.74 Å². The maximum atomic E-state index is 12.7. The van der Waals surface area contributed by atoms with E-state index in [4.69, 9.17) is 4.74 Å². The quantitative estimate of drug-likeness (QED) is 0.492. The number of hydrogen-bond acceptors (Lipinski definition) is 6. The van der Waals surface area contributed by atoms with E-state index in [1.807, 2.05) is 18.7 Å². The van der Waals surface area contributed by atoms with Crippen molar-refractivity contribution in [2.45, 2.75) is 26.7 Å². The van der Waals surface area contributed by atoms with Crippen LogP contribution in [0.15, 0.2) is 42.5 Å². The fourth-order valence-electron chi connectivity index (χ4n) is 3.31. The van der Waals surface area contributed by atoms with Crippen molar-refractivity contribution >= 4 is 34.7 Å². The van der Waals surface area contributed by atoms with Crippen LogP contribution in [0.1, 0.15) is 37.0 Å². The van der Waals surface area contributed by atoms with Crippen LogP contribution in [0.2, 0.25) is 0 Å². The fraction of sp³-hybridized carbons (Fsp3) is 0.364. The number of nitrogens with one attached hydrogen (secondary N) is 2. The molecule has 0 spiro atoms. The molecule has 0 saturated carbocycles. The second-order valence-electron chi connectivity index (χ2n) is 7.81. The first-order chi connectivity index (χ1) is 14.8. The molecule has 1 aliphatic heterocycles. The average Bonchev–Trinajstić information content (AvgIpc) is 3.26. The number of ether oxygens (including phenoxy) is 1. The molecule has 2 N–H and O–H groups in total. The van der Waals surface area contributed by atoms with Gasteiger partial charge in [-0.25, -0.2) is 4.79 Å². The largest absolute Gasteiger partial charge is 0.449 e. The third-order valence-corrected chi connectivity index (χ3v) is 4.80. The topological polar surface area (TPSA) is 114 Å². The number of amides is 2. The lowest BCUT2D eigenvalue weighted by molar-refractivity contribution is -0.384. The molecular formula is C22H26N4O5. The van der Waals surface area contributed by atoms with Crippen LogP contribution in [-0.4, -0.2) is 36.6 Å². The normalized spacial score (nSPS) is 13.2. The number of benzene rings is 2. The number of carbonyl (C=O) groups excluding carboxylic acids is 2. The molecule has 0 radical (unpaired) electrons. The van der Waals surface area contributed by atoms with Gasteiger partial charge in [-0.05, 0) is 49.1 Å². The highest BCUT2D eigenvalue weighted by atomic mass is 16.6. The van der Waals surface area contributed by atoms with Gasteiger partial charge in [0.25, 0.3) is 11.6 Å². The summed E-state index contributed by atoms with van der Waals surface area (Å²) in [6.45, 7) is 5.71. The minimum Gasteiger partial charge on any atom is -0.449 e. The number of nitro groups is 1. The molecule has 2 aromatic rings. The van der Waals surface area contributed by atoms with Crippen LogP contribution in [0.4, 0.5) is 27.5 Å². The molecule has 0 atom stereocenters. The van der Waals surface area contributed by atoms with E-state index in [9.17, 15) is 19.7 Å². The zero-order valence-electron chi connectivity index (χ0n) is 17.6. The van der Waals surface area contributed by atoms with Crippen molar-refractivity contribution in [2.75, 3.05) is 35.2 Å². The zero-order valence-corrected chi connectivity index (χ0v) is 17.6. The van der Waals surface area contributed by atoms with Gasteiger partial charge in [0.15, 0.2) is 0 Å². The Labute approximate surface area is 180 Å². The Hall–Kier alpha value is -3.62. The third-order valence-electron chi connectivity index (χ3n) is 4.80. The molecule has 164 valence electrons. The summed E-state index contributed by atoms with van der Waals surface area (Å²) in [5.41, 5.74) is 1.53. The predicted molar refractivity (Wildman–Crippen MR) is 119 cm³/mol. The Balaban J connectivity index is 1.70. The van der Waals surface area contributed by atoms with Crippen LogP contribution in [0, 0.1) is 16.0 Å². The van der Waals surface area contributed by atoms with Crippen molar-refractivity contribution in [1.82, 2.24) is 0 Å². The van der Waals surface area contributed by atoms with Crippen molar-refractivity contribution in [3.8, 4) is 0 Å². The highest BCUT2D eigenvalue weighted by Gasteiger charge is 2.24. The molecule has 9 nitrogen and oxygen atoms in total. The van der Waals surface area contributed by atoms with E-state index in [0.29, 0.717) is 23.7 Å². The van der Waals surface area contributed by atoms with Gasteiger partial charge in [0.1, 0.15) is 5.69 Å². The summed E-state index contributed by atoms with van der Waals surface area (Å²) in [6, 6.07) is 11.1. The lowest BCUT2D eigenvalue weighted by Crippen LogP contribution is -2.20. The maximum absolute atomic E-state index is 12.7. The van der Waals surface area contributed by atoms with Gasteiger partial charge in [-0.2, -0.15) is 0 Å². The first kappa shape index (κ1) is 22.1. The average molecular weight is 426 g/mol. The fourth-order valence-corrected chi connectivity index (χ4v) is 3.31. The zero-order chi connectivity index (χ0) is 22.4. The number of anilines is 3. The Bertz CT molecular complexity index is 970. The number of hydrogen-bond donors (Lipinski definition) is 2. The second-order valence-corrected chi connectivity index (χ2v) is 7.81. The van der Waals surface area contributed by atoms with E-state index in [2.05, 4.69) is 10.6 Å². The first-order valence-electron chi connectivity index (χ1n) is 10.2. The van der Waals surface area contributed by atoms with E-state index in [1.165, 1.54) is 6.07 Å². The molecule has 1 heterocycles. The molecule has 2 aromatic carbocycles. The molecule has 2 amide bonds. The van der Waals surface area contributed by atoms with Gasteiger partial charge in [-0.3, -0.25) is 20.2 Å². The minimum absolute atomic E-state index is 0.0853. The first-order valence-corrected chi connectivity index (χ1v) is 10.2. The SMILES string of the molecule is CC(C)COC(=O)Nc1cccc(NC(=O)c2ccc(N3CCCC3)c([N+](=O)[O-])c2)c1. The summed E-state index contributed by atoms with van der Waals surface area (Å²) in [4.78, 5) is 37.6. The van der Waals surface area contributed by atoms with Gasteiger partial charge >= 0.3 is 6.09 Å². The van der Waals surface area contributed by atoms with E-state index in [-0.39, 0.29) is 17.2 Å². The Morgan fingerprint density at radius 1 is 1.10 bits per heavy atom. The summed E-state index contributed by atoms with van der Waals surface area (Å²) in [6.07, 6.45) is 1.41. The highest BCUT2D eigenvalue weighted by molar-refractivity contribution is 6.05. The van der Waals surface area contributed by atoms with Crippen LogP contribution >= 0.6 is 0 Å². The molecule has 1 fully saturated rings. The number of carbonyl (C=O) groups is 2. The van der Waals surface area contributed by atoms with E-state index < -0.39 is 16.9 Å². The smallest absolute Gasteiger partial charge is 0.411 e. The molecule has 1 aliphatic rings. The summed E-state index contributed by atoms with van der Waals surface area (Å²) in [7, 11) is 0. The number of nitro benzene ring substituents is 1. The van der Waals surface area contributed by atoms with Crippen LogP contribution < -0.4 is 15.5 Å². The minimum atomic E-state index is -0.578. The van der Waals surface area contributed by atoms with Crippen molar-refractivity contribution in [3.63, 3.8) is 0 Å². The summed E-state index contributed by atoms with van der Waals surface area (Å²) in [5.74, 6) is -0.257. The standard InChI is InChI=1S/C22H26N4O5/c1-15(2)14-31-22(28)24-18-7-5-6-17(13-18)23-21(27)16-8-9-19(20(12-16)26(29)30)25-10-3-4-11-25/h5-9,12-13,15H,3-4,10-11,14H2,1-2H3,(H,23,27)(H,24,28). The molecule has 0 aliphatic carbocycles. The summed E-state index contributed by atoms with van der Waals surface area (Å²) in [5, 5.41) is 16.9. The van der Waals surface area contributed by atoms with Crippen molar-refractivity contribution < 1.29 is 19.2 Å². The summed E-state index contributed by atoms with van der Waals surface area (Å²) < 4.78 is 5.08. The van der Waals surface area contributed by atoms with E-state index in [1.54, 1.807) is 36.4 Å². The van der Waals surface area contributed by atoms with Crippen LogP contribution in [0.25, 0.3) is 0 Å². The Morgan fingerprint density at radius 2 is 1.77 bits per heavy atom. The van der Waals surface area contributed by atoms with Crippen molar-refractivity contribution in [2.24, 2.45) is 5.92 Å². The van der Waals surface area contributed by atoms with Gasteiger partial charge in [-0.15, -0.1) is 0 Å². The monoisotopic (exact) mass is 426 g/mol. The van der Waals surface area contributed by atoms with Gasteiger partial charge in [0.05, 0.1) is 11.5 Å².